The number of benzene rings is 1. The van der Waals surface area contributed by atoms with Crippen LogP contribution in [0.5, 0.6) is 0 Å². The Balaban J connectivity index is 1.98. The van der Waals surface area contributed by atoms with Gasteiger partial charge in [-0.1, -0.05) is 18.6 Å². The molecule has 0 aliphatic heterocycles. The topological polar surface area (TPSA) is 0 Å². The van der Waals surface area contributed by atoms with Crippen LogP contribution in [0, 0.1) is 23.0 Å². The molecule has 3 atom stereocenters. The van der Waals surface area contributed by atoms with Crippen LogP contribution in [-0.4, -0.2) is 0 Å². The summed E-state index contributed by atoms with van der Waals surface area (Å²) in [6.07, 6.45) is 2.21. The molecule has 78 valence electrons. The van der Waals surface area contributed by atoms with Gasteiger partial charge < -0.3 is 0 Å². The molecule has 15 heavy (non-hydrogen) atoms. The molecule has 2 aliphatic carbocycles. The molecule has 3 unspecified atom stereocenters. The molecule has 0 saturated heterocycles. The van der Waals surface area contributed by atoms with Gasteiger partial charge in [0.1, 0.15) is 11.6 Å². The van der Waals surface area contributed by atoms with Gasteiger partial charge in [0.25, 0.3) is 0 Å². The maximum absolute atomic E-state index is 13.1. The predicted octanol–water partition coefficient (Wildman–Crippen LogP) is 3.64. The Kier molecular flexibility index (Phi) is 1.51. The van der Waals surface area contributed by atoms with Crippen molar-refractivity contribution in [3.05, 3.63) is 47.0 Å². The summed E-state index contributed by atoms with van der Waals surface area (Å²) in [5.41, 5.74) is 2.32. The minimum atomic E-state index is -0.474. The molecule has 1 saturated carbocycles. The summed E-state index contributed by atoms with van der Waals surface area (Å²) in [7, 11) is 0. The molecule has 0 N–H and O–H groups in total. The van der Waals surface area contributed by atoms with Crippen LogP contribution in [-0.2, 0) is 0 Å². The van der Waals surface area contributed by atoms with Gasteiger partial charge in [0.2, 0.25) is 0 Å². The zero-order valence-corrected chi connectivity index (χ0v) is 8.72. The third-order valence-electron chi connectivity index (χ3n) is 3.84. The number of halogens is 2. The maximum Gasteiger partial charge on any atom is 0.126 e. The van der Waals surface area contributed by atoms with E-state index < -0.39 is 11.6 Å². The Hall–Kier alpha value is -1.18. The van der Waals surface area contributed by atoms with Crippen molar-refractivity contribution in [1.29, 1.82) is 0 Å². The number of allylic oxidation sites excluding steroid dienone is 2. The number of hydrogen-bond acceptors (Lipinski definition) is 0. The Morgan fingerprint density at radius 2 is 1.67 bits per heavy atom. The molecule has 2 heteroatoms. The van der Waals surface area contributed by atoms with E-state index in [-0.39, 0.29) is 5.41 Å². The summed E-state index contributed by atoms with van der Waals surface area (Å²) in [5, 5.41) is 0. The van der Waals surface area contributed by atoms with Crippen LogP contribution in [0.25, 0.3) is 0 Å². The average molecular weight is 206 g/mol. The van der Waals surface area contributed by atoms with Crippen molar-refractivity contribution in [2.75, 3.05) is 0 Å². The summed E-state index contributed by atoms with van der Waals surface area (Å²) < 4.78 is 26.1. The van der Waals surface area contributed by atoms with Gasteiger partial charge in [0, 0.05) is 17.4 Å². The largest absolute Gasteiger partial charge is 0.207 e. The SMILES string of the molecule is CC1=CC2(C)C1C2c1cc(F)cc(F)c1. The summed E-state index contributed by atoms with van der Waals surface area (Å²) >= 11 is 0. The molecule has 0 bridgehead atoms. The Morgan fingerprint density at radius 1 is 1.07 bits per heavy atom. The van der Waals surface area contributed by atoms with Gasteiger partial charge in [0.05, 0.1) is 0 Å². The van der Waals surface area contributed by atoms with Crippen LogP contribution in [0.2, 0.25) is 0 Å². The zero-order chi connectivity index (χ0) is 10.8. The molecule has 1 fully saturated rings. The lowest BCUT2D eigenvalue weighted by atomic mass is 9.89. The number of fused-ring (bicyclic) bond motifs is 1. The highest BCUT2D eigenvalue weighted by Crippen LogP contribution is 2.75. The molecule has 0 nitrogen and oxygen atoms in total. The molecular weight excluding hydrogens is 194 g/mol. The van der Waals surface area contributed by atoms with E-state index in [9.17, 15) is 8.78 Å². The summed E-state index contributed by atoms with van der Waals surface area (Å²) in [6.45, 7) is 4.24. The second kappa shape index (κ2) is 2.49. The van der Waals surface area contributed by atoms with E-state index in [0.717, 1.165) is 11.6 Å². The zero-order valence-electron chi connectivity index (χ0n) is 8.72. The lowest BCUT2D eigenvalue weighted by Gasteiger charge is -2.16. The van der Waals surface area contributed by atoms with E-state index in [1.54, 1.807) is 0 Å². The van der Waals surface area contributed by atoms with Crippen molar-refractivity contribution in [2.24, 2.45) is 11.3 Å². The smallest absolute Gasteiger partial charge is 0.126 e. The Bertz CT molecular complexity index is 455. The first-order valence-corrected chi connectivity index (χ1v) is 5.18. The standard InChI is InChI=1S/C13H12F2/c1-7-6-13(2)11(7)12(13)8-3-9(14)5-10(15)4-8/h3-6,11-12H,1-2H3. The summed E-state index contributed by atoms with van der Waals surface area (Å²) in [6, 6.07) is 3.84. The van der Waals surface area contributed by atoms with Crippen molar-refractivity contribution in [3.63, 3.8) is 0 Å². The lowest BCUT2D eigenvalue weighted by Crippen LogP contribution is -2.05. The molecule has 1 aromatic rings. The van der Waals surface area contributed by atoms with Crippen molar-refractivity contribution in [1.82, 2.24) is 0 Å². The first kappa shape index (κ1) is 9.08. The van der Waals surface area contributed by atoms with Crippen LogP contribution in [0.3, 0.4) is 0 Å². The highest BCUT2D eigenvalue weighted by molar-refractivity contribution is 5.50. The molecule has 0 aromatic heterocycles. The second-order valence-corrected chi connectivity index (χ2v) is 4.91. The molecule has 1 aromatic carbocycles. The molecule has 0 radical (unpaired) electrons. The Morgan fingerprint density at radius 3 is 2.07 bits per heavy atom. The fraction of sp³-hybridized carbons (Fsp3) is 0.385. The average Bonchev–Trinajstić information content (AvgIpc) is 2.61. The van der Waals surface area contributed by atoms with Crippen molar-refractivity contribution in [2.45, 2.75) is 19.8 Å². The van der Waals surface area contributed by atoms with Crippen LogP contribution in [0.4, 0.5) is 8.78 Å². The van der Waals surface area contributed by atoms with Crippen molar-refractivity contribution < 1.29 is 8.78 Å². The van der Waals surface area contributed by atoms with Crippen LogP contribution >= 0.6 is 0 Å². The van der Waals surface area contributed by atoms with Crippen LogP contribution < -0.4 is 0 Å². The highest BCUT2D eigenvalue weighted by atomic mass is 19.1. The predicted molar refractivity (Wildman–Crippen MR) is 54.5 cm³/mol. The fourth-order valence-corrected chi connectivity index (χ4v) is 3.26. The summed E-state index contributed by atoms with van der Waals surface area (Å²) in [4.78, 5) is 0. The van der Waals surface area contributed by atoms with Gasteiger partial charge in [-0.05, 0) is 30.5 Å². The molecule has 0 heterocycles. The van der Waals surface area contributed by atoms with Crippen molar-refractivity contribution >= 4 is 0 Å². The molecule has 3 rings (SSSR count). The minimum Gasteiger partial charge on any atom is -0.207 e. The van der Waals surface area contributed by atoms with Crippen molar-refractivity contribution in [3.8, 4) is 0 Å². The maximum atomic E-state index is 13.1. The molecule has 0 spiro atoms. The van der Waals surface area contributed by atoms with Gasteiger partial charge in [-0.2, -0.15) is 0 Å². The van der Waals surface area contributed by atoms with Gasteiger partial charge in [-0.25, -0.2) is 8.78 Å². The van der Waals surface area contributed by atoms with Gasteiger partial charge in [-0.15, -0.1) is 0 Å². The molecule has 0 amide bonds. The lowest BCUT2D eigenvalue weighted by molar-refractivity contribution is 0.576. The first-order valence-electron chi connectivity index (χ1n) is 5.18. The van der Waals surface area contributed by atoms with Gasteiger partial charge in [0.15, 0.2) is 0 Å². The minimum absolute atomic E-state index is 0.171. The third kappa shape index (κ3) is 1.05. The third-order valence-corrected chi connectivity index (χ3v) is 3.84. The highest BCUT2D eigenvalue weighted by Gasteiger charge is 2.66. The first-order chi connectivity index (χ1) is 7.02. The normalized spacial score (nSPS) is 36.7. The van der Waals surface area contributed by atoms with E-state index in [1.807, 2.05) is 0 Å². The Labute approximate surface area is 87.6 Å². The second-order valence-electron chi connectivity index (χ2n) is 4.91. The van der Waals surface area contributed by atoms with Crippen LogP contribution in [0.15, 0.2) is 29.8 Å². The monoisotopic (exact) mass is 206 g/mol. The summed E-state index contributed by atoms with van der Waals surface area (Å²) in [5.74, 6) is -0.142. The van der Waals surface area contributed by atoms with Crippen LogP contribution in [0.1, 0.15) is 25.3 Å². The number of rotatable bonds is 1. The quantitative estimate of drug-likeness (QED) is 0.615. The molecular formula is C13H12F2. The van der Waals surface area contributed by atoms with E-state index >= 15 is 0 Å². The van der Waals surface area contributed by atoms with E-state index in [1.165, 1.54) is 17.7 Å². The number of hydrogen-bond donors (Lipinski definition) is 0. The van der Waals surface area contributed by atoms with E-state index in [2.05, 4.69) is 19.9 Å². The van der Waals surface area contributed by atoms with E-state index in [0.29, 0.717) is 11.8 Å². The van der Waals surface area contributed by atoms with Gasteiger partial charge >= 0.3 is 0 Å². The van der Waals surface area contributed by atoms with E-state index in [4.69, 9.17) is 0 Å². The molecule has 2 aliphatic rings. The fourth-order valence-electron chi connectivity index (χ4n) is 3.26. The van der Waals surface area contributed by atoms with Gasteiger partial charge in [-0.3, -0.25) is 0 Å².